The molecule has 3 aromatic carbocycles. The number of carbonyl (C=O) groups excluding carboxylic acids is 2. The predicted octanol–water partition coefficient (Wildman–Crippen LogP) is 4.66. The molecule has 1 heterocycles. The van der Waals surface area contributed by atoms with Crippen LogP contribution in [0, 0.1) is 6.92 Å². The monoisotopic (exact) mass is 517 g/mol. The number of ether oxygens (including phenoxy) is 4. The van der Waals surface area contributed by atoms with Crippen LogP contribution >= 0.6 is 0 Å². The summed E-state index contributed by atoms with van der Waals surface area (Å²) in [5.41, 5.74) is 3.20. The zero-order chi connectivity index (χ0) is 27.2. The molecular formula is C30H31NO7. The minimum Gasteiger partial charge on any atom is -0.507 e. The third kappa shape index (κ3) is 5.35. The topological polar surface area (TPSA) is 94.5 Å². The van der Waals surface area contributed by atoms with Gasteiger partial charge in [0.05, 0.1) is 32.4 Å². The van der Waals surface area contributed by atoms with E-state index in [9.17, 15) is 14.7 Å². The maximum absolute atomic E-state index is 13.2. The molecule has 1 fully saturated rings. The summed E-state index contributed by atoms with van der Waals surface area (Å²) in [6.07, 6.45) is 0. The fraction of sp³-hybridized carbons (Fsp3) is 0.267. The van der Waals surface area contributed by atoms with Crippen molar-refractivity contribution in [1.82, 2.24) is 4.90 Å². The van der Waals surface area contributed by atoms with Gasteiger partial charge in [-0.2, -0.15) is 0 Å². The molecule has 198 valence electrons. The molecule has 1 saturated heterocycles. The lowest BCUT2D eigenvalue weighted by molar-refractivity contribution is -0.140. The number of rotatable bonds is 10. The third-order valence-electron chi connectivity index (χ3n) is 6.58. The lowest BCUT2D eigenvalue weighted by Crippen LogP contribution is -2.32. The van der Waals surface area contributed by atoms with Crippen molar-refractivity contribution >= 4 is 17.4 Å². The molecule has 4 rings (SSSR count). The third-order valence-corrected chi connectivity index (χ3v) is 6.58. The second kappa shape index (κ2) is 11.8. The zero-order valence-corrected chi connectivity index (χ0v) is 21.9. The van der Waals surface area contributed by atoms with Crippen LogP contribution in [-0.2, 0) is 20.9 Å². The van der Waals surface area contributed by atoms with Gasteiger partial charge in [0, 0.05) is 19.2 Å². The second-order valence-electron chi connectivity index (χ2n) is 8.84. The molecule has 1 aliphatic heterocycles. The number of hydrogen-bond acceptors (Lipinski definition) is 7. The highest BCUT2D eigenvalue weighted by molar-refractivity contribution is 6.46. The van der Waals surface area contributed by atoms with E-state index in [4.69, 9.17) is 18.9 Å². The Hall–Kier alpha value is -4.30. The van der Waals surface area contributed by atoms with Gasteiger partial charge in [0.1, 0.15) is 18.1 Å². The van der Waals surface area contributed by atoms with Crippen LogP contribution in [0.25, 0.3) is 5.76 Å². The second-order valence-corrected chi connectivity index (χ2v) is 8.84. The van der Waals surface area contributed by atoms with Gasteiger partial charge in [0.25, 0.3) is 11.7 Å². The summed E-state index contributed by atoms with van der Waals surface area (Å²) in [4.78, 5) is 27.6. The number of ketones is 1. The maximum atomic E-state index is 13.2. The molecule has 0 spiro atoms. The van der Waals surface area contributed by atoms with E-state index in [1.54, 1.807) is 42.5 Å². The molecule has 0 aliphatic carbocycles. The Morgan fingerprint density at radius 3 is 2.29 bits per heavy atom. The fourth-order valence-corrected chi connectivity index (χ4v) is 4.47. The number of Topliss-reactive ketones (excluding diaryl/α,β-unsaturated/α-hetero) is 1. The molecule has 1 amide bonds. The quantitative estimate of drug-likeness (QED) is 0.237. The van der Waals surface area contributed by atoms with Gasteiger partial charge < -0.3 is 29.0 Å². The summed E-state index contributed by atoms with van der Waals surface area (Å²) in [6.45, 7) is 2.86. The van der Waals surface area contributed by atoms with Gasteiger partial charge in [0.15, 0.2) is 11.5 Å². The largest absolute Gasteiger partial charge is 0.507 e. The SMILES string of the molecule is COCCN1C(=O)C(=O)/C(=C(\O)c2ccc(OC)c(OC)c2)C1c1ccc(OCc2ccccc2C)cc1. The van der Waals surface area contributed by atoms with E-state index in [2.05, 4.69) is 0 Å². The van der Waals surface area contributed by atoms with E-state index < -0.39 is 17.7 Å². The molecule has 0 radical (unpaired) electrons. The van der Waals surface area contributed by atoms with E-state index in [-0.39, 0.29) is 24.5 Å². The van der Waals surface area contributed by atoms with E-state index in [1.165, 1.54) is 26.2 Å². The number of likely N-dealkylation sites (tertiary alicyclic amines) is 1. The van der Waals surface area contributed by atoms with Crippen molar-refractivity contribution < 1.29 is 33.6 Å². The van der Waals surface area contributed by atoms with E-state index in [0.717, 1.165) is 11.1 Å². The fourth-order valence-electron chi connectivity index (χ4n) is 4.47. The van der Waals surface area contributed by atoms with Gasteiger partial charge in [-0.05, 0) is 53.9 Å². The number of hydrogen-bond donors (Lipinski definition) is 1. The van der Waals surface area contributed by atoms with Gasteiger partial charge in [-0.25, -0.2) is 0 Å². The van der Waals surface area contributed by atoms with Gasteiger partial charge in [-0.15, -0.1) is 0 Å². The molecule has 1 atom stereocenters. The van der Waals surface area contributed by atoms with Crippen molar-refractivity contribution in [3.05, 3.63) is 94.6 Å². The summed E-state index contributed by atoms with van der Waals surface area (Å²) in [7, 11) is 4.51. The summed E-state index contributed by atoms with van der Waals surface area (Å²) in [5, 5.41) is 11.3. The number of methoxy groups -OCH3 is 3. The molecule has 8 nitrogen and oxygen atoms in total. The zero-order valence-electron chi connectivity index (χ0n) is 21.9. The molecule has 8 heteroatoms. The molecule has 3 aromatic rings. The summed E-state index contributed by atoms with van der Waals surface area (Å²) >= 11 is 0. The highest BCUT2D eigenvalue weighted by Crippen LogP contribution is 2.41. The number of aliphatic hydroxyl groups is 1. The van der Waals surface area contributed by atoms with Crippen molar-refractivity contribution in [3.63, 3.8) is 0 Å². The van der Waals surface area contributed by atoms with Crippen molar-refractivity contribution in [2.75, 3.05) is 34.5 Å². The Labute approximate surface area is 222 Å². The molecule has 38 heavy (non-hydrogen) atoms. The first-order valence-corrected chi connectivity index (χ1v) is 12.2. The van der Waals surface area contributed by atoms with Gasteiger partial charge >= 0.3 is 0 Å². The van der Waals surface area contributed by atoms with Crippen LogP contribution in [0.5, 0.6) is 17.2 Å². The molecule has 1 aliphatic rings. The van der Waals surface area contributed by atoms with Crippen LogP contribution in [-0.4, -0.2) is 56.2 Å². The smallest absolute Gasteiger partial charge is 0.295 e. The minimum absolute atomic E-state index is 0.00750. The van der Waals surface area contributed by atoms with Gasteiger partial charge in [-0.1, -0.05) is 36.4 Å². The number of carbonyl (C=O) groups is 2. The Balaban J connectivity index is 1.70. The van der Waals surface area contributed by atoms with Crippen LogP contribution in [0.4, 0.5) is 0 Å². The lowest BCUT2D eigenvalue weighted by atomic mass is 9.95. The van der Waals surface area contributed by atoms with Crippen LogP contribution in [0.1, 0.15) is 28.3 Å². The average Bonchev–Trinajstić information content (AvgIpc) is 3.20. The van der Waals surface area contributed by atoms with Crippen LogP contribution in [0.2, 0.25) is 0 Å². The Kier molecular flexibility index (Phi) is 8.33. The number of benzene rings is 3. The number of nitrogens with zero attached hydrogens (tertiary/aromatic N) is 1. The average molecular weight is 518 g/mol. The first-order valence-electron chi connectivity index (χ1n) is 12.2. The summed E-state index contributed by atoms with van der Waals surface area (Å²) in [5.74, 6) is -0.258. The van der Waals surface area contributed by atoms with Gasteiger partial charge in [-0.3, -0.25) is 9.59 Å². The Morgan fingerprint density at radius 1 is 0.921 bits per heavy atom. The molecule has 1 N–H and O–H groups in total. The van der Waals surface area contributed by atoms with Crippen LogP contribution in [0.15, 0.2) is 72.3 Å². The van der Waals surface area contributed by atoms with Crippen molar-refractivity contribution in [2.45, 2.75) is 19.6 Å². The first kappa shape index (κ1) is 26.8. The Morgan fingerprint density at radius 2 is 1.63 bits per heavy atom. The van der Waals surface area contributed by atoms with Crippen molar-refractivity contribution in [1.29, 1.82) is 0 Å². The van der Waals surface area contributed by atoms with Crippen molar-refractivity contribution in [2.24, 2.45) is 0 Å². The maximum Gasteiger partial charge on any atom is 0.295 e. The van der Waals surface area contributed by atoms with Crippen LogP contribution < -0.4 is 14.2 Å². The summed E-state index contributed by atoms with van der Waals surface area (Å²) in [6, 6.07) is 19.2. The molecule has 0 saturated carbocycles. The van der Waals surface area contributed by atoms with Crippen LogP contribution in [0.3, 0.4) is 0 Å². The van der Waals surface area contributed by atoms with Gasteiger partial charge in [0.2, 0.25) is 0 Å². The van der Waals surface area contributed by atoms with Crippen molar-refractivity contribution in [3.8, 4) is 17.2 Å². The van der Waals surface area contributed by atoms with E-state index in [0.29, 0.717) is 35.0 Å². The van der Waals surface area contributed by atoms with E-state index >= 15 is 0 Å². The Bertz CT molecular complexity index is 1350. The predicted molar refractivity (Wildman–Crippen MR) is 142 cm³/mol. The van der Waals surface area contributed by atoms with E-state index in [1.807, 2.05) is 31.2 Å². The molecule has 1 unspecified atom stereocenters. The highest BCUT2D eigenvalue weighted by atomic mass is 16.5. The standard InChI is InChI=1S/C30H31NO7/c1-19-7-5-6-8-22(19)18-38-23-12-9-20(10-13-23)27-26(29(33)30(34)31(27)15-16-35-2)28(32)21-11-14-24(36-3)25(17-21)37-4/h5-14,17,27,32H,15-16,18H2,1-4H3/b28-26-. The molecular weight excluding hydrogens is 486 g/mol. The normalized spacial score (nSPS) is 16.5. The summed E-state index contributed by atoms with van der Waals surface area (Å²) < 4.78 is 21.8. The highest BCUT2D eigenvalue weighted by Gasteiger charge is 2.46. The first-order chi connectivity index (χ1) is 18.4. The number of aryl methyl sites for hydroxylation is 1. The number of amides is 1. The molecule has 0 aromatic heterocycles. The number of aliphatic hydroxyl groups excluding tert-OH is 1. The minimum atomic E-state index is -0.802. The molecule has 0 bridgehead atoms. The lowest BCUT2D eigenvalue weighted by Gasteiger charge is -2.25.